The standard InChI is InChI=1S/C18H13N3O3S2/c22-16-10-26-18(20(16)14-7-3-4-8-15(14)21(23)24)12-9-11-5-1-2-6-13(11)19-17(12)25/h1-9,18H,10H2,(H,19,25). The molecule has 1 saturated heterocycles. The first-order valence-electron chi connectivity index (χ1n) is 7.85. The van der Waals surface area contributed by atoms with E-state index in [-0.39, 0.29) is 17.3 Å². The number of aromatic amines is 1. The number of H-pyrrole nitrogens is 1. The molecule has 2 aromatic carbocycles. The van der Waals surface area contributed by atoms with Crippen LogP contribution >= 0.6 is 24.0 Å². The lowest BCUT2D eigenvalue weighted by molar-refractivity contribution is -0.384. The van der Waals surface area contributed by atoms with E-state index in [1.165, 1.54) is 22.7 Å². The van der Waals surface area contributed by atoms with Crippen LogP contribution in [0.15, 0.2) is 54.6 Å². The minimum Gasteiger partial charge on any atom is -0.346 e. The predicted molar refractivity (Wildman–Crippen MR) is 105 cm³/mol. The molecule has 1 unspecified atom stereocenters. The van der Waals surface area contributed by atoms with Crippen molar-refractivity contribution in [3.05, 3.63) is 74.9 Å². The molecule has 26 heavy (non-hydrogen) atoms. The molecule has 1 amide bonds. The summed E-state index contributed by atoms with van der Waals surface area (Å²) in [5, 5.41) is 12.0. The molecule has 4 rings (SSSR count). The highest BCUT2D eigenvalue weighted by atomic mass is 32.2. The highest BCUT2D eigenvalue weighted by molar-refractivity contribution is 8.00. The van der Waals surface area contributed by atoms with E-state index in [1.807, 2.05) is 30.3 Å². The number of nitrogens with one attached hydrogen (secondary N) is 1. The third-order valence-corrected chi connectivity index (χ3v) is 5.79. The quantitative estimate of drug-likeness (QED) is 0.407. The van der Waals surface area contributed by atoms with Gasteiger partial charge in [0.25, 0.3) is 5.69 Å². The second-order valence-corrected chi connectivity index (χ2v) is 7.29. The number of hydrogen-bond donors (Lipinski definition) is 1. The van der Waals surface area contributed by atoms with Crippen LogP contribution in [-0.2, 0) is 4.79 Å². The van der Waals surface area contributed by atoms with Crippen LogP contribution in [0.3, 0.4) is 0 Å². The van der Waals surface area contributed by atoms with Crippen molar-refractivity contribution in [2.24, 2.45) is 0 Å². The molecule has 1 aromatic heterocycles. The van der Waals surface area contributed by atoms with Crippen molar-refractivity contribution in [3.63, 3.8) is 0 Å². The summed E-state index contributed by atoms with van der Waals surface area (Å²) in [7, 11) is 0. The van der Waals surface area contributed by atoms with E-state index >= 15 is 0 Å². The largest absolute Gasteiger partial charge is 0.346 e. The van der Waals surface area contributed by atoms with Gasteiger partial charge in [0.1, 0.15) is 15.7 Å². The molecule has 0 spiro atoms. The Morgan fingerprint density at radius 2 is 1.92 bits per heavy atom. The summed E-state index contributed by atoms with van der Waals surface area (Å²) >= 11 is 6.92. The maximum absolute atomic E-state index is 12.5. The molecule has 3 aromatic rings. The number of aromatic nitrogens is 1. The van der Waals surface area contributed by atoms with Gasteiger partial charge in [-0.05, 0) is 23.6 Å². The Kier molecular flexibility index (Phi) is 4.21. The molecule has 1 fully saturated rings. The van der Waals surface area contributed by atoms with Crippen molar-refractivity contribution in [2.45, 2.75) is 5.37 Å². The lowest BCUT2D eigenvalue weighted by Gasteiger charge is -2.24. The monoisotopic (exact) mass is 383 g/mol. The van der Waals surface area contributed by atoms with Crippen LogP contribution in [0.4, 0.5) is 11.4 Å². The molecule has 130 valence electrons. The van der Waals surface area contributed by atoms with Crippen molar-refractivity contribution < 1.29 is 9.72 Å². The van der Waals surface area contributed by atoms with Gasteiger partial charge in [-0.1, -0.05) is 42.5 Å². The third-order valence-electron chi connectivity index (χ3n) is 4.25. The zero-order valence-electron chi connectivity index (χ0n) is 13.4. The number of hydrogen-bond acceptors (Lipinski definition) is 5. The van der Waals surface area contributed by atoms with E-state index in [9.17, 15) is 14.9 Å². The van der Waals surface area contributed by atoms with E-state index < -0.39 is 10.3 Å². The van der Waals surface area contributed by atoms with Gasteiger partial charge in [-0.2, -0.15) is 0 Å². The summed E-state index contributed by atoms with van der Waals surface area (Å²) in [5.74, 6) is 0.0788. The number of anilines is 1. The van der Waals surface area contributed by atoms with Crippen molar-refractivity contribution >= 4 is 52.2 Å². The Hall–Kier alpha value is -2.71. The maximum atomic E-state index is 12.5. The number of thioether (sulfide) groups is 1. The summed E-state index contributed by atoms with van der Waals surface area (Å²) in [6, 6.07) is 16.0. The van der Waals surface area contributed by atoms with Gasteiger partial charge in [-0.3, -0.25) is 19.8 Å². The SMILES string of the molecule is O=C1CSC(c2cc3ccccc3[nH]c2=S)N1c1ccccc1[N+](=O)[O-]. The molecule has 6 nitrogen and oxygen atoms in total. The Bertz CT molecular complexity index is 1100. The van der Waals surface area contributed by atoms with Crippen LogP contribution in [0.2, 0.25) is 0 Å². The Morgan fingerprint density at radius 3 is 2.73 bits per heavy atom. The normalized spacial score (nSPS) is 17.0. The van der Waals surface area contributed by atoms with Crippen LogP contribution in [0.5, 0.6) is 0 Å². The number of rotatable bonds is 3. The number of carbonyl (C=O) groups is 1. The van der Waals surface area contributed by atoms with Crippen molar-refractivity contribution in [3.8, 4) is 0 Å². The number of nitrogens with zero attached hydrogens (tertiary/aromatic N) is 2. The molecule has 8 heteroatoms. The number of nitro groups is 1. The van der Waals surface area contributed by atoms with E-state index in [0.29, 0.717) is 10.3 Å². The van der Waals surface area contributed by atoms with Crippen molar-refractivity contribution in [1.82, 2.24) is 4.98 Å². The van der Waals surface area contributed by atoms with Gasteiger partial charge in [0.05, 0.1) is 10.7 Å². The Balaban J connectivity index is 1.87. The second-order valence-electron chi connectivity index (χ2n) is 5.81. The fourth-order valence-corrected chi connectivity index (χ4v) is 4.62. The lowest BCUT2D eigenvalue weighted by Crippen LogP contribution is -2.28. The molecule has 1 atom stereocenters. The van der Waals surface area contributed by atoms with Crippen LogP contribution < -0.4 is 4.90 Å². The molecule has 1 aliphatic rings. The predicted octanol–water partition coefficient (Wildman–Crippen LogP) is 4.58. The number of benzene rings is 2. The van der Waals surface area contributed by atoms with E-state index in [0.717, 1.165) is 16.5 Å². The maximum Gasteiger partial charge on any atom is 0.293 e. The van der Waals surface area contributed by atoms with Gasteiger partial charge in [-0.25, -0.2) is 0 Å². The second kappa shape index (κ2) is 6.54. The number of para-hydroxylation sites is 3. The van der Waals surface area contributed by atoms with Crippen LogP contribution in [-0.4, -0.2) is 21.6 Å². The molecular formula is C18H13N3O3S2. The highest BCUT2D eigenvalue weighted by Gasteiger charge is 2.38. The van der Waals surface area contributed by atoms with E-state index in [2.05, 4.69) is 4.98 Å². The number of amides is 1. The highest BCUT2D eigenvalue weighted by Crippen LogP contribution is 2.45. The first kappa shape index (κ1) is 16.7. The average Bonchev–Trinajstić information content (AvgIpc) is 3.02. The summed E-state index contributed by atoms with van der Waals surface area (Å²) in [5.41, 5.74) is 1.88. The fourth-order valence-electron chi connectivity index (χ4n) is 3.08. The van der Waals surface area contributed by atoms with Crippen LogP contribution in [0, 0.1) is 14.8 Å². The molecule has 1 N–H and O–H groups in total. The molecule has 0 radical (unpaired) electrons. The lowest BCUT2D eigenvalue weighted by atomic mass is 10.1. The Morgan fingerprint density at radius 1 is 1.19 bits per heavy atom. The molecule has 0 saturated carbocycles. The summed E-state index contributed by atoms with van der Waals surface area (Å²) in [6.07, 6.45) is 0. The molecule has 2 heterocycles. The first-order chi connectivity index (χ1) is 12.6. The van der Waals surface area contributed by atoms with Gasteiger partial charge < -0.3 is 4.98 Å². The third kappa shape index (κ3) is 2.77. The van der Waals surface area contributed by atoms with Gasteiger partial charge in [-0.15, -0.1) is 11.8 Å². The van der Waals surface area contributed by atoms with Gasteiger partial charge >= 0.3 is 0 Å². The number of pyridine rings is 1. The summed E-state index contributed by atoms with van der Waals surface area (Å²) < 4.78 is 0.527. The minimum absolute atomic E-state index is 0.0935. The van der Waals surface area contributed by atoms with Crippen LogP contribution in [0.1, 0.15) is 10.9 Å². The van der Waals surface area contributed by atoms with Crippen molar-refractivity contribution in [1.29, 1.82) is 0 Å². The van der Waals surface area contributed by atoms with Gasteiger partial charge in [0.15, 0.2) is 0 Å². The van der Waals surface area contributed by atoms with Crippen molar-refractivity contribution in [2.75, 3.05) is 10.7 Å². The average molecular weight is 383 g/mol. The molecular weight excluding hydrogens is 370 g/mol. The molecule has 0 aliphatic carbocycles. The zero-order valence-corrected chi connectivity index (χ0v) is 15.0. The first-order valence-corrected chi connectivity index (χ1v) is 9.31. The minimum atomic E-state index is -0.468. The number of nitro benzene ring substituents is 1. The van der Waals surface area contributed by atoms with Gasteiger partial charge in [0.2, 0.25) is 5.91 Å². The Labute approximate surface area is 158 Å². The number of carbonyl (C=O) groups excluding carboxylic acids is 1. The molecule has 0 bridgehead atoms. The number of fused-ring (bicyclic) bond motifs is 1. The molecule has 1 aliphatic heterocycles. The smallest absolute Gasteiger partial charge is 0.293 e. The fraction of sp³-hybridized carbons (Fsp3) is 0.111. The topological polar surface area (TPSA) is 79.2 Å². The summed E-state index contributed by atoms with van der Waals surface area (Å²) in [4.78, 5) is 28.2. The summed E-state index contributed by atoms with van der Waals surface area (Å²) in [6.45, 7) is 0. The zero-order chi connectivity index (χ0) is 18.3. The van der Waals surface area contributed by atoms with E-state index in [4.69, 9.17) is 12.2 Å². The van der Waals surface area contributed by atoms with E-state index in [1.54, 1.807) is 18.2 Å². The van der Waals surface area contributed by atoms with Crippen LogP contribution in [0.25, 0.3) is 10.9 Å². The van der Waals surface area contributed by atoms with Gasteiger partial charge in [0, 0.05) is 17.1 Å².